The first kappa shape index (κ1) is 13.3. The molecule has 1 aliphatic heterocycles. The molecular formula is C14H23N3O. The molecule has 1 aliphatic rings. The molecule has 1 aromatic rings. The number of ether oxygens (including phenoxy) is 1. The average Bonchev–Trinajstić information content (AvgIpc) is 2.89. The second-order valence-electron chi connectivity index (χ2n) is 4.86. The largest absolute Gasteiger partial charge is 0.376 e. The van der Waals surface area contributed by atoms with Crippen LogP contribution in [0, 0.1) is 6.92 Å². The van der Waals surface area contributed by atoms with Crippen LogP contribution in [0.5, 0.6) is 0 Å². The summed E-state index contributed by atoms with van der Waals surface area (Å²) in [4.78, 5) is 8.86. The Hall–Kier alpha value is -1.16. The van der Waals surface area contributed by atoms with Gasteiger partial charge in [0, 0.05) is 18.4 Å². The summed E-state index contributed by atoms with van der Waals surface area (Å²) in [7, 11) is 0. The van der Waals surface area contributed by atoms with Gasteiger partial charge >= 0.3 is 0 Å². The van der Waals surface area contributed by atoms with Gasteiger partial charge in [0.05, 0.1) is 12.1 Å². The Morgan fingerprint density at radius 3 is 2.89 bits per heavy atom. The molecule has 0 spiro atoms. The number of nitrogens with zero attached hydrogens (tertiary/aromatic N) is 2. The van der Waals surface area contributed by atoms with Gasteiger partial charge in [-0.15, -0.1) is 0 Å². The lowest BCUT2D eigenvalue weighted by molar-refractivity contribution is 0.0942. The van der Waals surface area contributed by atoms with Crippen molar-refractivity contribution < 1.29 is 4.74 Å². The summed E-state index contributed by atoms with van der Waals surface area (Å²) in [6, 6.07) is 2.40. The highest BCUT2D eigenvalue weighted by molar-refractivity contribution is 5.37. The predicted octanol–water partition coefficient (Wildman–Crippen LogP) is 2.72. The molecule has 1 fully saturated rings. The second-order valence-corrected chi connectivity index (χ2v) is 4.86. The van der Waals surface area contributed by atoms with Gasteiger partial charge in [0.15, 0.2) is 0 Å². The lowest BCUT2D eigenvalue weighted by atomic mass is 10.1. The molecule has 1 N–H and O–H groups in total. The van der Waals surface area contributed by atoms with Crippen molar-refractivity contribution in [2.75, 3.05) is 11.9 Å². The van der Waals surface area contributed by atoms with Crippen molar-refractivity contribution in [3.05, 3.63) is 17.6 Å². The molecule has 0 saturated carbocycles. The SMILES string of the molecule is CCc1cc(NC(CC)C2CCCO2)nc(C)n1. The molecule has 0 aliphatic carbocycles. The Labute approximate surface area is 109 Å². The Kier molecular flexibility index (Phi) is 4.53. The van der Waals surface area contributed by atoms with Gasteiger partial charge in [0.2, 0.25) is 0 Å². The minimum absolute atomic E-state index is 0.329. The zero-order valence-corrected chi connectivity index (χ0v) is 11.6. The number of aryl methyl sites for hydroxylation is 2. The van der Waals surface area contributed by atoms with Crippen molar-refractivity contribution in [2.45, 2.75) is 58.6 Å². The molecule has 2 atom stereocenters. The normalized spacial score (nSPS) is 20.9. The van der Waals surface area contributed by atoms with E-state index in [0.29, 0.717) is 12.1 Å². The molecule has 0 radical (unpaired) electrons. The first-order valence-electron chi connectivity index (χ1n) is 6.95. The first-order chi connectivity index (χ1) is 8.72. The van der Waals surface area contributed by atoms with E-state index in [1.54, 1.807) is 0 Å². The Morgan fingerprint density at radius 2 is 2.28 bits per heavy atom. The molecule has 4 heteroatoms. The lowest BCUT2D eigenvalue weighted by Gasteiger charge is -2.23. The van der Waals surface area contributed by atoms with Crippen LogP contribution in [0.15, 0.2) is 6.07 Å². The van der Waals surface area contributed by atoms with Gasteiger partial charge in [-0.25, -0.2) is 9.97 Å². The molecule has 2 rings (SSSR count). The van der Waals surface area contributed by atoms with Crippen LogP contribution in [0.1, 0.15) is 44.6 Å². The van der Waals surface area contributed by atoms with Crippen molar-refractivity contribution in [3.8, 4) is 0 Å². The van der Waals surface area contributed by atoms with Crippen molar-refractivity contribution in [2.24, 2.45) is 0 Å². The van der Waals surface area contributed by atoms with Gasteiger partial charge in [-0.2, -0.15) is 0 Å². The zero-order valence-electron chi connectivity index (χ0n) is 11.6. The summed E-state index contributed by atoms with van der Waals surface area (Å²) >= 11 is 0. The van der Waals surface area contributed by atoms with Crippen LogP contribution < -0.4 is 5.32 Å². The van der Waals surface area contributed by atoms with E-state index < -0.39 is 0 Å². The fourth-order valence-electron chi connectivity index (χ4n) is 2.45. The number of anilines is 1. The summed E-state index contributed by atoms with van der Waals surface area (Å²) < 4.78 is 5.76. The minimum Gasteiger partial charge on any atom is -0.376 e. The Bertz CT molecular complexity index is 389. The molecule has 1 saturated heterocycles. The van der Waals surface area contributed by atoms with Gasteiger partial charge in [0.1, 0.15) is 11.6 Å². The van der Waals surface area contributed by atoms with Crippen molar-refractivity contribution in [1.29, 1.82) is 0 Å². The van der Waals surface area contributed by atoms with E-state index in [0.717, 1.165) is 43.2 Å². The Balaban J connectivity index is 2.08. The topological polar surface area (TPSA) is 47.0 Å². The maximum absolute atomic E-state index is 5.76. The average molecular weight is 249 g/mol. The van der Waals surface area contributed by atoms with Crippen LogP contribution in [0.3, 0.4) is 0 Å². The Morgan fingerprint density at radius 1 is 1.44 bits per heavy atom. The molecule has 0 bridgehead atoms. The highest BCUT2D eigenvalue weighted by atomic mass is 16.5. The third-order valence-corrected chi connectivity index (χ3v) is 3.44. The van der Waals surface area contributed by atoms with E-state index in [9.17, 15) is 0 Å². The third-order valence-electron chi connectivity index (χ3n) is 3.44. The van der Waals surface area contributed by atoms with Crippen LogP contribution in [-0.2, 0) is 11.2 Å². The van der Waals surface area contributed by atoms with Crippen molar-refractivity contribution in [3.63, 3.8) is 0 Å². The van der Waals surface area contributed by atoms with E-state index in [1.807, 2.05) is 13.0 Å². The number of aromatic nitrogens is 2. The highest BCUT2D eigenvalue weighted by Crippen LogP contribution is 2.20. The maximum atomic E-state index is 5.76. The molecular weight excluding hydrogens is 226 g/mol. The van der Waals surface area contributed by atoms with Crippen molar-refractivity contribution in [1.82, 2.24) is 9.97 Å². The van der Waals surface area contributed by atoms with Crippen LogP contribution in [-0.4, -0.2) is 28.7 Å². The monoisotopic (exact) mass is 249 g/mol. The van der Waals surface area contributed by atoms with Crippen LogP contribution >= 0.6 is 0 Å². The summed E-state index contributed by atoms with van der Waals surface area (Å²) in [5, 5.41) is 3.51. The third kappa shape index (κ3) is 3.19. The summed E-state index contributed by atoms with van der Waals surface area (Å²) in [5.74, 6) is 1.76. The van der Waals surface area contributed by atoms with Crippen LogP contribution in [0.25, 0.3) is 0 Å². The van der Waals surface area contributed by atoms with Gasteiger partial charge in [-0.1, -0.05) is 13.8 Å². The number of nitrogens with one attached hydrogen (secondary N) is 1. The molecule has 0 aromatic carbocycles. The van der Waals surface area contributed by atoms with E-state index >= 15 is 0 Å². The quantitative estimate of drug-likeness (QED) is 0.871. The van der Waals surface area contributed by atoms with E-state index in [2.05, 4.69) is 29.1 Å². The number of hydrogen-bond acceptors (Lipinski definition) is 4. The zero-order chi connectivity index (χ0) is 13.0. The number of rotatable bonds is 5. The lowest BCUT2D eigenvalue weighted by Crippen LogP contribution is -2.33. The molecule has 0 amide bonds. The van der Waals surface area contributed by atoms with E-state index in [-0.39, 0.29) is 0 Å². The van der Waals surface area contributed by atoms with E-state index in [4.69, 9.17) is 4.74 Å². The highest BCUT2D eigenvalue weighted by Gasteiger charge is 2.24. The fourth-order valence-corrected chi connectivity index (χ4v) is 2.45. The molecule has 2 unspecified atom stereocenters. The molecule has 4 nitrogen and oxygen atoms in total. The van der Waals surface area contributed by atoms with Gasteiger partial charge in [-0.05, 0) is 32.6 Å². The standard InChI is InChI=1S/C14H23N3O/c1-4-11-9-14(16-10(3)15-11)17-12(5-2)13-7-6-8-18-13/h9,12-13H,4-8H2,1-3H3,(H,15,16,17). The van der Waals surface area contributed by atoms with Gasteiger partial charge < -0.3 is 10.1 Å². The van der Waals surface area contributed by atoms with E-state index in [1.165, 1.54) is 6.42 Å². The molecule has 2 heterocycles. The number of hydrogen-bond donors (Lipinski definition) is 1. The van der Waals surface area contributed by atoms with Gasteiger partial charge in [0.25, 0.3) is 0 Å². The first-order valence-corrected chi connectivity index (χ1v) is 6.95. The van der Waals surface area contributed by atoms with Crippen molar-refractivity contribution >= 4 is 5.82 Å². The minimum atomic E-state index is 0.329. The maximum Gasteiger partial charge on any atom is 0.130 e. The summed E-state index contributed by atoms with van der Waals surface area (Å²) in [6.45, 7) is 7.14. The van der Waals surface area contributed by atoms with Gasteiger partial charge in [-0.3, -0.25) is 0 Å². The van der Waals surface area contributed by atoms with Crippen LogP contribution in [0.4, 0.5) is 5.82 Å². The molecule has 18 heavy (non-hydrogen) atoms. The summed E-state index contributed by atoms with van der Waals surface area (Å²) in [6.07, 6.45) is 4.64. The summed E-state index contributed by atoms with van der Waals surface area (Å²) in [5.41, 5.74) is 1.09. The fraction of sp³-hybridized carbons (Fsp3) is 0.714. The molecule has 100 valence electrons. The predicted molar refractivity (Wildman–Crippen MR) is 72.8 cm³/mol. The van der Waals surface area contributed by atoms with Crippen LogP contribution in [0.2, 0.25) is 0 Å². The molecule has 1 aromatic heterocycles. The smallest absolute Gasteiger partial charge is 0.130 e. The second kappa shape index (κ2) is 6.14.